The number of benzene rings is 1. The molecule has 0 spiro atoms. The molecule has 0 aliphatic carbocycles. The lowest BCUT2D eigenvalue weighted by molar-refractivity contribution is -0.121. The van der Waals surface area contributed by atoms with Gasteiger partial charge in [0.1, 0.15) is 5.75 Å². The number of para-hydroxylation sites is 1. The summed E-state index contributed by atoms with van der Waals surface area (Å²) in [6, 6.07) is 8.04. The zero-order valence-electron chi connectivity index (χ0n) is 10.8. The van der Waals surface area contributed by atoms with E-state index in [0.717, 1.165) is 30.8 Å². The van der Waals surface area contributed by atoms with Gasteiger partial charge in [-0.1, -0.05) is 18.2 Å². The van der Waals surface area contributed by atoms with Gasteiger partial charge < -0.3 is 10.1 Å². The van der Waals surface area contributed by atoms with E-state index in [1.807, 2.05) is 37.4 Å². The molecule has 18 heavy (non-hydrogen) atoms. The molecule has 1 N–H and O–H groups in total. The van der Waals surface area contributed by atoms with E-state index in [0.29, 0.717) is 0 Å². The van der Waals surface area contributed by atoms with Gasteiger partial charge in [-0.2, -0.15) is 11.8 Å². The van der Waals surface area contributed by atoms with Crippen LogP contribution in [0.4, 0.5) is 0 Å². The molecule has 0 fully saturated rings. The van der Waals surface area contributed by atoms with Crippen molar-refractivity contribution in [2.45, 2.75) is 31.1 Å². The monoisotopic (exact) mass is 265 g/mol. The maximum absolute atomic E-state index is 12.0. The summed E-state index contributed by atoms with van der Waals surface area (Å²) in [7, 11) is 0. The van der Waals surface area contributed by atoms with Crippen LogP contribution in [-0.4, -0.2) is 24.0 Å². The molecule has 2 rings (SSSR count). The average molecular weight is 265 g/mol. The van der Waals surface area contributed by atoms with Crippen molar-refractivity contribution in [1.82, 2.24) is 5.32 Å². The Bertz CT molecular complexity index is 422. The number of rotatable bonds is 3. The quantitative estimate of drug-likeness (QED) is 0.913. The first kappa shape index (κ1) is 13.3. The van der Waals surface area contributed by atoms with Crippen molar-refractivity contribution in [2.75, 3.05) is 12.9 Å². The number of carbonyl (C=O) groups excluding carboxylic acids is 1. The Labute approximate surface area is 112 Å². The third-order valence-electron chi connectivity index (χ3n) is 3.23. The van der Waals surface area contributed by atoms with Crippen LogP contribution in [0.5, 0.6) is 5.75 Å². The van der Waals surface area contributed by atoms with Crippen molar-refractivity contribution >= 4 is 17.7 Å². The molecule has 1 aliphatic heterocycles. The number of fused-ring (bicyclic) bond motifs is 1. The van der Waals surface area contributed by atoms with Gasteiger partial charge >= 0.3 is 0 Å². The lowest BCUT2D eigenvalue weighted by Gasteiger charge is -2.20. The summed E-state index contributed by atoms with van der Waals surface area (Å²) in [5.41, 5.74) is 1.09. The number of carbonyl (C=O) groups is 1. The van der Waals surface area contributed by atoms with E-state index in [9.17, 15) is 4.79 Å². The third kappa shape index (κ3) is 2.99. The number of ether oxygens (including phenoxy) is 1. The van der Waals surface area contributed by atoms with Crippen LogP contribution in [0.2, 0.25) is 0 Å². The van der Waals surface area contributed by atoms with Crippen molar-refractivity contribution in [2.24, 2.45) is 0 Å². The zero-order valence-corrected chi connectivity index (χ0v) is 11.6. The number of amides is 1. The van der Waals surface area contributed by atoms with Gasteiger partial charge in [-0.05, 0) is 32.1 Å². The van der Waals surface area contributed by atoms with E-state index in [1.165, 1.54) is 0 Å². The highest BCUT2D eigenvalue weighted by Gasteiger charge is 2.22. The van der Waals surface area contributed by atoms with E-state index in [4.69, 9.17) is 4.74 Å². The second-order valence-corrected chi connectivity index (χ2v) is 5.65. The molecular weight excluding hydrogens is 246 g/mol. The van der Waals surface area contributed by atoms with E-state index in [2.05, 4.69) is 5.32 Å². The van der Waals surface area contributed by atoms with Gasteiger partial charge in [0.05, 0.1) is 17.9 Å². The van der Waals surface area contributed by atoms with Gasteiger partial charge in [-0.25, -0.2) is 0 Å². The van der Waals surface area contributed by atoms with Gasteiger partial charge in [0.25, 0.3) is 0 Å². The largest absolute Gasteiger partial charge is 0.493 e. The summed E-state index contributed by atoms with van der Waals surface area (Å²) >= 11 is 1.56. The van der Waals surface area contributed by atoms with Crippen molar-refractivity contribution in [3.8, 4) is 5.75 Å². The van der Waals surface area contributed by atoms with Gasteiger partial charge in [0, 0.05) is 5.56 Å². The standard InChI is InChI=1S/C14H19NO2S/c1-10(18-2)14(16)15-12-7-5-9-17-13-8-4-3-6-11(12)13/h3-4,6,8,10,12H,5,7,9H2,1-2H3,(H,15,16)/t10-,12+/m0/s1. The third-order valence-corrected chi connectivity index (χ3v) is 4.15. The molecule has 98 valence electrons. The Kier molecular flexibility index (Phi) is 4.53. The maximum atomic E-state index is 12.0. The minimum Gasteiger partial charge on any atom is -0.493 e. The van der Waals surface area contributed by atoms with Gasteiger partial charge in [0.15, 0.2) is 0 Å². The molecular formula is C14H19NO2S. The van der Waals surface area contributed by atoms with E-state index in [-0.39, 0.29) is 17.2 Å². The van der Waals surface area contributed by atoms with Crippen LogP contribution in [0.25, 0.3) is 0 Å². The Morgan fingerprint density at radius 2 is 2.28 bits per heavy atom. The molecule has 0 bridgehead atoms. The topological polar surface area (TPSA) is 38.3 Å². The van der Waals surface area contributed by atoms with Crippen molar-refractivity contribution in [3.05, 3.63) is 29.8 Å². The van der Waals surface area contributed by atoms with E-state index in [1.54, 1.807) is 11.8 Å². The summed E-state index contributed by atoms with van der Waals surface area (Å²) in [5.74, 6) is 1.00. The fourth-order valence-electron chi connectivity index (χ4n) is 2.07. The highest BCUT2D eigenvalue weighted by atomic mass is 32.2. The van der Waals surface area contributed by atoms with Crippen LogP contribution >= 0.6 is 11.8 Å². The fourth-order valence-corrected chi connectivity index (χ4v) is 2.35. The maximum Gasteiger partial charge on any atom is 0.233 e. The molecule has 0 saturated heterocycles. The van der Waals surface area contributed by atoms with Crippen LogP contribution in [0.15, 0.2) is 24.3 Å². The van der Waals surface area contributed by atoms with Gasteiger partial charge in [0.2, 0.25) is 5.91 Å². The van der Waals surface area contributed by atoms with Crippen LogP contribution in [0.3, 0.4) is 0 Å². The molecule has 3 nitrogen and oxygen atoms in total. The Morgan fingerprint density at radius 3 is 3.06 bits per heavy atom. The van der Waals surface area contributed by atoms with Crippen molar-refractivity contribution in [3.63, 3.8) is 0 Å². The van der Waals surface area contributed by atoms with E-state index >= 15 is 0 Å². The Hall–Kier alpha value is -1.16. The molecule has 1 aromatic carbocycles. The van der Waals surface area contributed by atoms with Crippen molar-refractivity contribution < 1.29 is 9.53 Å². The highest BCUT2D eigenvalue weighted by Crippen LogP contribution is 2.31. The number of hydrogen-bond acceptors (Lipinski definition) is 3. The molecule has 0 aromatic heterocycles. The van der Waals surface area contributed by atoms with E-state index < -0.39 is 0 Å². The first-order chi connectivity index (χ1) is 8.72. The van der Waals surface area contributed by atoms with Crippen LogP contribution in [-0.2, 0) is 4.79 Å². The smallest absolute Gasteiger partial charge is 0.233 e. The molecule has 0 saturated carbocycles. The lowest BCUT2D eigenvalue weighted by Crippen LogP contribution is -2.34. The number of thioether (sulfide) groups is 1. The van der Waals surface area contributed by atoms with Crippen molar-refractivity contribution in [1.29, 1.82) is 0 Å². The zero-order chi connectivity index (χ0) is 13.0. The molecule has 1 aromatic rings. The number of hydrogen-bond donors (Lipinski definition) is 1. The highest BCUT2D eigenvalue weighted by molar-refractivity contribution is 7.99. The summed E-state index contributed by atoms with van der Waals surface area (Å²) in [4.78, 5) is 12.0. The second-order valence-electron chi connectivity index (χ2n) is 4.47. The molecule has 1 amide bonds. The molecule has 0 radical (unpaired) electrons. The minimum absolute atomic E-state index is 0.0127. The number of nitrogens with one attached hydrogen (secondary N) is 1. The SMILES string of the molecule is CS[C@@H](C)C(=O)N[C@@H]1CCCOc2ccccc21. The predicted octanol–water partition coefficient (Wildman–Crippen LogP) is 2.77. The minimum atomic E-state index is -0.0127. The molecule has 1 aliphatic rings. The fraction of sp³-hybridized carbons (Fsp3) is 0.500. The first-order valence-electron chi connectivity index (χ1n) is 6.27. The summed E-state index contributed by atoms with van der Waals surface area (Å²) < 4.78 is 5.69. The van der Waals surface area contributed by atoms with Crippen LogP contribution < -0.4 is 10.1 Å². The molecule has 2 atom stereocenters. The normalized spacial score (nSPS) is 20.2. The molecule has 1 heterocycles. The Morgan fingerprint density at radius 1 is 1.50 bits per heavy atom. The van der Waals surface area contributed by atoms with Crippen LogP contribution in [0, 0.1) is 0 Å². The molecule has 0 unspecified atom stereocenters. The van der Waals surface area contributed by atoms with Gasteiger partial charge in [-0.15, -0.1) is 0 Å². The Balaban J connectivity index is 2.15. The summed E-state index contributed by atoms with van der Waals surface area (Å²) in [6.45, 7) is 2.65. The summed E-state index contributed by atoms with van der Waals surface area (Å²) in [5, 5.41) is 3.11. The first-order valence-corrected chi connectivity index (χ1v) is 7.56. The van der Waals surface area contributed by atoms with Crippen LogP contribution in [0.1, 0.15) is 31.4 Å². The predicted molar refractivity (Wildman–Crippen MR) is 75.0 cm³/mol. The summed E-state index contributed by atoms with van der Waals surface area (Å²) in [6.07, 6.45) is 3.85. The average Bonchev–Trinajstić information content (AvgIpc) is 2.60. The second kappa shape index (κ2) is 6.14. The lowest BCUT2D eigenvalue weighted by atomic mass is 10.0. The van der Waals surface area contributed by atoms with Gasteiger partial charge in [-0.3, -0.25) is 4.79 Å². The molecule has 4 heteroatoms.